The number of aromatic nitrogens is 2. The number of ether oxygens (including phenoxy) is 1. The lowest BCUT2D eigenvalue weighted by molar-refractivity contribution is 0.456. The third-order valence-corrected chi connectivity index (χ3v) is 3.46. The summed E-state index contributed by atoms with van der Waals surface area (Å²) in [5, 5.41) is 0.928. The Kier molecular flexibility index (Phi) is 4.66. The lowest BCUT2D eigenvalue weighted by Gasteiger charge is -2.09. The quantitative estimate of drug-likeness (QED) is 0.680. The Balaban J connectivity index is 2.29. The standard InChI is InChI=1S/C13H11BrCl2N2O/c1-7(2)13-17-11(14)6-12(18-13)19-8-3-4-9(15)10(16)5-8/h3-7H,1-2H3. The lowest BCUT2D eigenvalue weighted by Crippen LogP contribution is -1.99. The van der Waals surface area contributed by atoms with Crippen molar-refractivity contribution in [3.8, 4) is 11.6 Å². The minimum Gasteiger partial charge on any atom is -0.439 e. The first-order valence-corrected chi connectivity index (χ1v) is 7.18. The zero-order chi connectivity index (χ0) is 14.0. The van der Waals surface area contributed by atoms with Gasteiger partial charge in [-0.25, -0.2) is 4.98 Å². The van der Waals surface area contributed by atoms with Crippen LogP contribution < -0.4 is 4.74 Å². The summed E-state index contributed by atoms with van der Waals surface area (Å²) < 4.78 is 6.34. The van der Waals surface area contributed by atoms with E-state index in [1.165, 1.54) is 0 Å². The third kappa shape index (κ3) is 3.81. The average Bonchev–Trinajstić information content (AvgIpc) is 2.33. The van der Waals surface area contributed by atoms with E-state index in [9.17, 15) is 0 Å². The van der Waals surface area contributed by atoms with Crippen LogP contribution in [0.1, 0.15) is 25.6 Å². The van der Waals surface area contributed by atoms with Crippen LogP contribution in [0.5, 0.6) is 11.6 Å². The molecule has 0 unspecified atom stereocenters. The number of hydrogen-bond acceptors (Lipinski definition) is 3. The molecule has 0 aliphatic carbocycles. The van der Waals surface area contributed by atoms with Gasteiger partial charge in [0.05, 0.1) is 10.0 Å². The van der Waals surface area contributed by atoms with Crippen molar-refractivity contribution in [2.75, 3.05) is 0 Å². The summed E-state index contributed by atoms with van der Waals surface area (Å²) in [7, 11) is 0. The summed E-state index contributed by atoms with van der Waals surface area (Å²) in [6.07, 6.45) is 0. The van der Waals surface area contributed by atoms with Gasteiger partial charge in [-0.05, 0) is 28.1 Å². The highest BCUT2D eigenvalue weighted by Gasteiger charge is 2.09. The molecule has 0 bridgehead atoms. The zero-order valence-electron chi connectivity index (χ0n) is 10.3. The van der Waals surface area contributed by atoms with E-state index in [2.05, 4.69) is 25.9 Å². The van der Waals surface area contributed by atoms with Gasteiger partial charge in [0.1, 0.15) is 16.2 Å². The molecule has 19 heavy (non-hydrogen) atoms. The molecule has 0 saturated carbocycles. The van der Waals surface area contributed by atoms with Crippen LogP contribution in [0.4, 0.5) is 0 Å². The average molecular weight is 362 g/mol. The van der Waals surface area contributed by atoms with Gasteiger partial charge >= 0.3 is 0 Å². The Morgan fingerprint density at radius 2 is 1.84 bits per heavy atom. The van der Waals surface area contributed by atoms with Crippen molar-refractivity contribution in [2.45, 2.75) is 19.8 Å². The van der Waals surface area contributed by atoms with Crippen LogP contribution in [0.25, 0.3) is 0 Å². The van der Waals surface area contributed by atoms with Crippen LogP contribution >= 0.6 is 39.1 Å². The van der Waals surface area contributed by atoms with Gasteiger partial charge in [0.15, 0.2) is 0 Å². The van der Waals surface area contributed by atoms with Gasteiger partial charge in [-0.1, -0.05) is 37.0 Å². The molecule has 3 nitrogen and oxygen atoms in total. The second-order valence-corrected chi connectivity index (χ2v) is 5.85. The Hall–Kier alpha value is -0.840. The molecule has 1 heterocycles. The van der Waals surface area contributed by atoms with Crippen molar-refractivity contribution >= 4 is 39.1 Å². The molecule has 0 radical (unpaired) electrons. The predicted octanol–water partition coefficient (Wildman–Crippen LogP) is 5.46. The van der Waals surface area contributed by atoms with Crippen molar-refractivity contribution < 1.29 is 4.74 Å². The molecule has 1 aromatic carbocycles. The summed E-state index contributed by atoms with van der Waals surface area (Å²) in [4.78, 5) is 8.63. The maximum absolute atomic E-state index is 5.94. The Morgan fingerprint density at radius 3 is 2.47 bits per heavy atom. The molecular formula is C13H11BrCl2N2O. The largest absolute Gasteiger partial charge is 0.439 e. The maximum atomic E-state index is 5.94. The van der Waals surface area contributed by atoms with Gasteiger partial charge in [-0.2, -0.15) is 4.98 Å². The van der Waals surface area contributed by atoms with E-state index in [4.69, 9.17) is 27.9 Å². The number of nitrogens with zero attached hydrogens (tertiary/aromatic N) is 2. The van der Waals surface area contributed by atoms with Crippen LogP contribution in [-0.2, 0) is 0 Å². The zero-order valence-corrected chi connectivity index (χ0v) is 13.4. The number of benzene rings is 1. The number of halogens is 3. The van der Waals surface area contributed by atoms with E-state index in [-0.39, 0.29) is 5.92 Å². The first-order valence-electron chi connectivity index (χ1n) is 5.63. The van der Waals surface area contributed by atoms with E-state index in [0.29, 0.717) is 32.1 Å². The van der Waals surface area contributed by atoms with E-state index >= 15 is 0 Å². The molecule has 0 spiro atoms. The SMILES string of the molecule is CC(C)c1nc(Br)cc(Oc2ccc(Cl)c(Cl)c2)n1. The minimum atomic E-state index is 0.216. The van der Waals surface area contributed by atoms with Crippen LogP contribution in [0, 0.1) is 0 Å². The Labute approximate surface area is 130 Å². The van der Waals surface area contributed by atoms with Gasteiger partial charge in [0.2, 0.25) is 5.88 Å². The first-order chi connectivity index (χ1) is 8.95. The summed E-state index contributed by atoms with van der Waals surface area (Å²) in [5.41, 5.74) is 0. The molecule has 2 aromatic rings. The molecule has 1 aromatic heterocycles. The van der Waals surface area contributed by atoms with Gasteiger partial charge in [-0.3, -0.25) is 0 Å². The minimum absolute atomic E-state index is 0.216. The topological polar surface area (TPSA) is 35.0 Å². The van der Waals surface area contributed by atoms with Crippen LogP contribution in [0.15, 0.2) is 28.9 Å². The fourth-order valence-electron chi connectivity index (χ4n) is 1.39. The van der Waals surface area contributed by atoms with Gasteiger partial charge < -0.3 is 4.74 Å². The lowest BCUT2D eigenvalue weighted by atomic mass is 10.2. The van der Waals surface area contributed by atoms with E-state index < -0.39 is 0 Å². The van der Waals surface area contributed by atoms with Crippen molar-refractivity contribution in [1.82, 2.24) is 9.97 Å². The van der Waals surface area contributed by atoms with Gasteiger partial charge in [0, 0.05) is 18.1 Å². The van der Waals surface area contributed by atoms with Gasteiger partial charge in [-0.15, -0.1) is 0 Å². The maximum Gasteiger partial charge on any atom is 0.223 e. The fraction of sp³-hybridized carbons (Fsp3) is 0.231. The number of rotatable bonds is 3. The summed E-state index contributed by atoms with van der Waals surface area (Å²) in [5.74, 6) is 1.97. The Morgan fingerprint density at radius 1 is 1.11 bits per heavy atom. The van der Waals surface area contributed by atoms with E-state index in [1.807, 2.05) is 13.8 Å². The molecular weight excluding hydrogens is 351 g/mol. The molecule has 0 aliphatic heterocycles. The second-order valence-electron chi connectivity index (χ2n) is 4.22. The summed E-state index contributed by atoms with van der Waals surface area (Å²) >= 11 is 15.1. The highest BCUT2D eigenvalue weighted by Crippen LogP contribution is 2.29. The van der Waals surface area contributed by atoms with Gasteiger partial charge in [0.25, 0.3) is 0 Å². The molecule has 0 atom stereocenters. The third-order valence-electron chi connectivity index (χ3n) is 2.32. The van der Waals surface area contributed by atoms with E-state index in [0.717, 1.165) is 0 Å². The summed E-state index contributed by atoms with van der Waals surface area (Å²) in [6, 6.07) is 6.77. The van der Waals surface area contributed by atoms with Crippen LogP contribution in [0.3, 0.4) is 0 Å². The van der Waals surface area contributed by atoms with Crippen molar-refractivity contribution in [1.29, 1.82) is 0 Å². The first kappa shape index (κ1) is 14.6. The summed E-state index contributed by atoms with van der Waals surface area (Å²) in [6.45, 7) is 4.04. The monoisotopic (exact) mass is 360 g/mol. The molecule has 0 fully saturated rings. The van der Waals surface area contributed by atoms with Crippen LogP contribution in [0.2, 0.25) is 10.0 Å². The Bertz CT molecular complexity index is 605. The highest BCUT2D eigenvalue weighted by molar-refractivity contribution is 9.10. The molecule has 0 saturated heterocycles. The predicted molar refractivity (Wildman–Crippen MR) is 80.4 cm³/mol. The van der Waals surface area contributed by atoms with Crippen molar-refractivity contribution in [2.24, 2.45) is 0 Å². The van der Waals surface area contributed by atoms with E-state index in [1.54, 1.807) is 24.3 Å². The van der Waals surface area contributed by atoms with Crippen molar-refractivity contribution in [3.63, 3.8) is 0 Å². The molecule has 0 N–H and O–H groups in total. The normalized spacial score (nSPS) is 10.8. The molecule has 0 aliphatic rings. The van der Waals surface area contributed by atoms with Crippen LogP contribution in [-0.4, -0.2) is 9.97 Å². The fourth-order valence-corrected chi connectivity index (χ4v) is 2.05. The molecule has 100 valence electrons. The second kappa shape index (κ2) is 6.07. The highest BCUT2D eigenvalue weighted by atomic mass is 79.9. The number of hydrogen-bond donors (Lipinski definition) is 0. The molecule has 6 heteroatoms. The smallest absolute Gasteiger partial charge is 0.223 e. The molecule has 2 rings (SSSR count). The molecule has 0 amide bonds. The van der Waals surface area contributed by atoms with Crippen molar-refractivity contribution in [3.05, 3.63) is 44.7 Å².